The molecule has 0 aromatic carbocycles. The Kier molecular flexibility index (Phi) is 5.40. The van der Waals surface area contributed by atoms with Crippen LogP contribution in [-0.4, -0.2) is 67.0 Å². The van der Waals surface area contributed by atoms with Crippen molar-refractivity contribution in [2.24, 2.45) is 11.8 Å². The maximum absolute atomic E-state index is 12.5. The van der Waals surface area contributed by atoms with E-state index in [0.717, 1.165) is 58.5 Å². The molecule has 0 saturated carbocycles. The molecular formula is C23H33N3O3S. The van der Waals surface area contributed by atoms with Gasteiger partial charge in [-0.2, -0.15) is 0 Å². The number of rotatable bonds is 4. The van der Waals surface area contributed by atoms with Crippen molar-refractivity contribution < 1.29 is 14.3 Å². The molecule has 3 saturated heterocycles. The molecule has 1 aromatic rings. The average Bonchev–Trinajstić information content (AvgIpc) is 3.32. The van der Waals surface area contributed by atoms with Crippen molar-refractivity contribution in [1.29, 1.82) is 0 Å². The van der Waals surface area contributed by atoms with Gasteiger partial charge in [-0.15, -0.1) is 11.3 Å². The number of nitrogens with zero attached hydrogens (tertiary/aromatic N) is 2. The minimum Gasteiger partial charge on any atom is -0.370 e. The molecule has 0 radical (unpaired) electrons. The molecule has 1 aromatic heterocycles. The molecule has 4 aliphatic heterocycles. The minimum atomic E-state index is -0.448. The Bertz CT molecular complexity index is 834. The van der Waals surface area contributed by atoms with Gasteiger partial charge in [-0.05, 0) is 44.2 Å². The Labute approximate surface area is 182 Å². The molecule has 30 heavy (non-hydrogen) atoms. The Balaban J connectivity index is 1.17. The van der Waals surface area contributed by atoms with Gasteiger partial charge in [0.2, 0.25) is 11.8 Å². The van der Waals surface area contributed by atoms with E-state index < -0.39 is 5.92 Å². The summed E-state index contributed by atoms with van der Waals surface area (Å²) in [6.45, 7) is 9.72. The van der Waals surface area contributed by atoms with Crippen LogP contribution < -0.4 is 5.32 Å². The molecule has 1 N–H and O–H groups in total. The maximum Gasteiger partial charge on any atom is 0.235 e. The minimum absolute atomic E-state index is 0.0271. The highest BCUT2D eigenvalue weighted by Gasteiger charge is 2.46. The molecule has 1 unspecified atom stereocenters. The molecule has 3 atom stereocenters. The monoisotopic (exact) mass is 431 g/mol. The average molecular weight is 432 g/mol. The summed E-state index contributed by atoms with van der Waals surface area (Å²) in [5, 5.41) is 2.77. The Morgan fingerprint density at radius 3 is 2.93 bits per heavy atom. The van der Waals surface area contributed by atoms with Crippen LogP contribution >= 0.6 is 11.3 Å². The fourth-order valence-electron chi connectivity index (χ4n) is 5.79. The number of nitrogens with one attached hydrogen (secondary N) is 1. The van der Waals surface area contributed by atoms with Gasteiger partial charge >= 0.3 is 0 Å². The second-order valence-electron chi connectivity index (χ2n) is 9.54. The number of amides is 2. The summed E-state index contributed by atoms with van der Waals surface area (Å²) in [5.74, 6) is 0.00529. The van der Waals surface area contributed by atoms with Crippen molar-refractivity contribution >= 4 is 23.2 Å². The lowest BCUT2D eigenvalue weighted by Gasteiger charge is -2.50. The van der Waals surface area contributed by atoms with Crippen LogP contribution in [0.25, 0.3) is 0 Å². The zero-order chi connectivity index (χ0) is 20.9. The Morgan fingerprint density at radius 2 is 2.23 bits per heavy atom. The van der Waals surface area contributed by atoms with E-state index in [9.17, 15) is 9.59 Å². The summed E-state index contributed by atoms with van der Waals surface area (Å²) in [6.07, 6.45) is 4.92. The van der Waals surface area contributed by atoms with Crippen LogP contribution in [0.5, 0.6) is 0 Å². The zero-order valence-corrected chi connectivity index (χ0v) is 18.9. The molecule has 6 nitrogen and oxygen atoms in total. The SMILES string of the molecule is CCc1cc2c(s1)CCO[C@@]21CCN(CC2CN(C(=O)C3CCNC3=O)C2)[C@@H](C)C1. The summed E-state index contributed by atoms with van der Waals surface area (Å²) < 4.78 is 6.46. The molecule has 3 fully saturated rings. The van der Waals surface area contributed by atoms with E-state index in [4.69, 9.17) is 4.74 Å². The van der Waals surface area contributed by atoms with Crippen LogP contribution in [-0.2, 0) is 32.8 Å². The van der Waals surface area contributed by atoms with E-state index >= 15 is 0 Å². The number of likely N-dealkylation sites (tertiary alicyclic amines) is 2. The number of aryl methyl sites for hydroxylation is 1. The third kappa shape index (κ3) is 3.49. The van der Waals surface area contributed by atoms with Crippen molar-refractivity contribution in [2.75, 3.05) is 39.3 Å². The van der Waals surface area contributed by atoms with Crippen LogP contribution in [0.1, 0.15) is 48.4 Å². The van der Waals surface area contributed by atoms with E-state index in [1.807, 2.05) is 16.2 Å². The summed E-state index contributed by atoms with van der Waals surface area (Å²) in [7, 11) is 0. The van der Waals surface area contributed by atoms with Crippen LogP contribution in [0.3, 0.4) is 0 Å². The van der Waals surface area contributed by atoms with Gasteiger partial charge in [0, 0.05) is 60.9 Å². The summed E-state index contributed by atoms with van der Waals surface area (Å²) in [6, 6.07) is 2.89. The quantitative estimate of drug-likeness (QED) is 0.742. The van der Waals surface area contributed by atoms with Gasteiger partial charge in [-0.1, -0.05) is 6.92 Å². The zero-order valence-electron chi connectivity index (χ0n) is 18.1. The van der Waals surface area contributed by atoms with Gasteiger partial charge in [-0.3, -0.25) is 9.59 Å². The first-order valence-corrected chi connectivity index (χ1v) is 12.4. The highest BCUT2D eigenvalue weighted by molar-refractivity contribution is 7.12. The largest absolute Gasteiger partial charge is 0.370 e. The van der Waals surface area contributed by atoms with E-state index in [1.54, 1.807) is 4.88 Å². The standard InChI is InChI=1S/C23H33N3O3S/c1-3-17-10-19-20(30-17)5-9-29-23(19)6-8-25(15(2)11-23)12-16-13-26(14-16)22(28)18-4-7-24-21(18)27/h10,15-16,18H,3-9,11-14H2,1-2H3,(H,24,27)/t15-,18?,23+/m0/s1. The van der Waals surface area contributed by atoms with E-state index in [1.165, 1.54) is 10.4 Å². The number of fused-ring (bicyclic) bond motifs is 2. The molecule has 5 rings (SSSR count). The third-order valence-electron chi connectivity index (χ3n) is 7.57. The summed E-state index contributed by atoms with van der Waals surface area (Å²) >= 11 is 1.98. The molecule has 0 bridgehead atoms. The maximum atomic E-state index is 12.5. The Morgan fingerprint density at radius 1 is 1.40 bits per heavy atom. The van der Waals surface area contributed by atoms with Crippen molar-refractivity contribution in [2.45, 2.75) is 57.6 Å². The van der Waals surface area contributed by atoms with E-state index in [-0.39, 0.29) is 17.4 Å². The molecule has 1 spiro atoms. The van der Waals surface area contributed by atoms with Crippen LogP contribution in [0, 0.1) is 11.8 Å². The van der Waals surface area contributed by atoms with Gasteiger partial charge in [0.1, 0.15) is 5.92 Å². The number of thiophene rings is 1. The highest BCUT2D eigenvalue weighted by Crippen LogP contribution is 2.46. The van der Waals surface area contributed by atoms with Gasteiger partial charge in [0.05, 0.1) is 12.2 Å². The second-order valence-corrected chi connectivity index (χ2v) is 10.8. The van der Waals surface area contributed by atoms with Crippen LogP contribution in [0.2, 0.25) is 0 Å². The van der Waals surface area contributed by atoms with Gasteiger partial charge in [0.25, 0.3) is 0 Å². The lowest BCUT2D eigenvalue weighted by molar-refractivity contribution is -0.147. The first-order chi connectivity index (χ1) is 14.5. The van der Waals surface area contributed by atoms with Gasteiger partial charge in [-0.25, -0.2) is 0 Å². The lowest BCUT2D eigenvalue weighted by Crippen LogP contribution is -2.58. The van der Waals surface area contributed by atoms with Gasteiger partial charge < -0.3 is 19.9 Å². The normalized spacial score (nSPS) is 32.2. The second kappa shape index (κ2) is 7.92. The Hall–Kier alpha value is -1.44. The predicted molar refractivity (Wildman–Crippen MR) is 116 cm³/mol. The molecule has 7 heteroatoms. The number of hydrogen-bond donors (Lipinski definition) is 1. The highest BCUT2D eigenvalue weighted by atomic mass is 32.1. The number of carbonyl (C=O) groups excluding carboxylic acids is 2. The number of piperidine rings is 1. The first kappa shape index (κ1) is 20.5. The molecule has 164 valence electrons. The number of hydrogen-bond acceptors (Lipinski definition) is 5. The van der Waals surface area contributed by atoms with E-state index in [2.05, 4.69) is 30.1 Å². The van der Waals surface area contributed by atoms with Crippen LogP contribution in [0.15, 0.2) is 6.07 Å². The number of carbonyl (C=O) groups is 2. The molecular weight excluding hydrogens is 398 g/mol. The molecule has 2 amide bonds. The molecule has 5 heterocycles. The summed E-state index contributed by atoms with van der Waals surface area (Å²) in [5.41, 5.74) is 1.38. The lowest BCUT2D eigenvalue weighted by atomic mass is 9.79. The van der Waals surface area contributed by atoms with Crippen molar-refractivity contribution in [3.8, 4) is 0 Å². The predicted octanol–water partition coefficient (Wildman–Crippen LogP) is 2.16. The summed E-state index contributed by atoms with van der Waals surface area (Å²) in [4.78, 5) is 31.8. The van der Waals surface area contributed by atoms with Gasteiger partial charge in [0.15, 0.2) is 0 Å². The third-order valence-corrected chi connectivity index (χ3v) is 8.91. The molecule has 4 aliphatic rings. The topological polar surface area (TPSA) is 61.9 Å². The van der Waals surface area contributed by atoms with E-state index in [0.29, 0.717) is 24.9 Å². The van der Waals surface area contributed by atoms with Crippen molar-refractivity contribution in [3.05, 3.63) is 21.4 Å². The smallest absolute Gasteiger partial charge is 0.235 e. The molecule has 0 aliphatic carbocycles. The number of ether oxygens (including phenoxy) is 1. The fourth-order valence-corrected chi connectivity index (χ4v) is 6.97. The van der Waals surface area contributed by atoms with Crippen molar-refractivity contribution in [1.82, 2.24) is 15.1 Å². The fraction of sp³-hybridized carbons (Fsp3) is 0.739. The first-order valence-electron chi connectivity index (χ1n) is 11.6. The van der Waals surface area contributed by atoms with Crippen molar-refractivity contribution in [3.63, 3.8) is 0 Å². The van der Waals surface area contributed by atoms with Crippen LogP contribution in [0.4, 0.5) is 0 Å².